The van der Waals surface area contributed by atoms with Gasteiger partial charge in [-0.1, -0.05) is 42.5 Å². The molecule has 3 aromatic rings. The molecule has 200 valence electrons. The number of nitrogens with one attached hydrogen (secondary N) is 2. The summed E-state index contributed by atoms with van der Waals surface area (Å²) in [4.78, 5) is 38.4. The number of piperidine rings is 1. The number of rotatable bonds is 8. The summed E-state index contributed by atoms with van der Waals surface area (Å²) in [5, 5.41) is 17.6. The first-order valence-corrected chi connectivity index (χ1v) is 13.1. The van der Waals surface area contributed by atoms with Crippen molar-refractivity contribution < 1.29 is 19.2 Å². The number of hydrogen-bond acceptors (Lipinski definition) is 7. The van der Waals surface area contributed by atoms with Gasteiger partial charge in [-0.25, -0.2) is 0 Å². The van der Waals surface area contributed by atoms with Crippen molar-refractivity contribution in [2.75, 3.05) is 30.3 Å². The number of ether oxygens (including phenoxy) is 1. The Bertz CT molecular complexity index is 1410. The average Bonchev–Trinajstić information content (AvgIpc) is 3.28. The number of nitrogens with zero attached hydrogens (tertiary/aromatic N) is 2. The largest absolute Gasteiger partial charge is 0.466 e. The smallest absolute Gasteiger partial charge is 0.309 e. The Morgan fingerprint density at radius 3 is 2.46 bits per heavy atom. The second kappa shape index (κ2) is 11.5. The molecule has 1 saturated heterocycles. The summed E-state index contributed by atoms with van der Waals surface area (Å²) in [6.45, 7) is 4.71. The zero-order chi connectivity index (χ0) is 27.4. The van der Waals surface area contributed by atoms with Crippen LogP contribution in [0.3, 0.4) is 0 Å². The van der Waals surface area contributed by atoms with E-state index in [1.54, 1.807) is 6.07 Å². The Labute approximate surface area is 226 Å². The lowest BCUT2D eigenvalue weighted by molar-refractivity contribution is -0.384. The summed E-state index contributed by atoms with van der Waals surface area (Å²) in [6.07, 6.45) is 1.60. The highest BCUT2D eigenvalue weighted by molar-refractivity contribution is 6.37. The molecule has 2 heterocycles. The lowest BCUT2D eigenvalue weighted by Gasteiger charge is -2.30. The van der Waals surface area contributed by atoms with Crippen LogP contribution in [-0.4, -0.2) is 41.4 Å². The third-order valence-electron chi connectivity index (χ3n) is 7.11. The Morgan fingerprint density at radius 1 is 1.08 bits per heavy atom. The molecule has 5 rings (SSSR count). The minimum absolute atomic E-state index is 0.0171. The van der Waals surface area contributed by atoms with Crippen molar-refractivity contribution >= 4 is 40.2 Å². The van der Waals surface area contributed by atoms with E-state index in [1.165, 1.54) is 12.1 Å². The Balaban J connectivity index is 1.36. The predicted molar refractivity (Wildman–Crippen MR) is 150 cm³/mol. The second-order valence-corrected chi connectivity index (χ2v) is 9.68. The number of hydrogen-bond donors (Lipinski definition) is 2. The molecule has 0 saturated carbocycles. The Morgan fingerprint density at radius 2 is 1.79 bits per heavy atom. The highest BCUT2D eigenvalue weighted by Gasteiger charge is 2.30. The second-order valence-electron chi connectivity index (χ2n) is 9.68. The highest BCUT2D eigenvalue weighted by Crippen LogP contribution is 2.39. The van der Waals surface area contributed by atoms with Gasteiger partial charge in [-0.05, 0) is 62.2 Å². The van der Waals surface area contributed by atoms with E-state index in [-0.39, 0.29) is 23.5 Å². The fourth-order valence-corrected chi connectivity index (χ4v) is 5.08. The van der Waals surface area contributed by atoms with Crippen LogP contribution >= 0.6 is 0 Å². The molecular formula is C30H30N4O5. The minimum Gasteiger partial charge on any atom is -0.466 e. The standard InChI is InChI=1S/C30H30N4O5/c1-2-39-30(36)22-14-16-33(17-15-22)19-20-8-10-23(11-9-20)31-28(21-6-4-3-5-7-21)27-25-18-24(34(37)38)12-13-26(25)32-29(27)35/h3-13,18,22,31H,2,14-17,19H2,1H3,(H,32,35)/b28-27-. The van der Waals surface area contributed by atoms with Crippen LogP contribution in [0.15, 0.2) is 72.8 Å². The lowest BCUT2D eigenvalue weighted by atomic mass is 9.96. The van der Waals surface area contributed by atoms with Crippen molar-refractivity contribution in [3.05, 3.63) is 99.6 Å². The fraction of sp³-hybridized carbons (Fsp3) is 0.267. The van der Waals surface area contributed by atoms with Crippen LogP contribution in [0.4, 0.5) is 17.1 Å². The molecule has 1 fully saturated rings. The van der Waals surface area contributed by atoms with E-state index < -0.39 is 4.92 Å². The molecule has 39 heavy (non-hydrogen) atoms. The molecule has 2 aliphatic rings. The van der Waals surface area contributed by atoms with Crippen molar-refractivity contribution in [3.8, 4) is 0 Å². The van der Waals surface area contributed by atoms with Gasteiger partial charge in [-0.3, -0.25) is 24.6 Å². The van der Waals surface area contributed by atoms with Crippen molar-refractivity contribution in [3.63, 3.8) is 0 Å². The molecule has 3 aromatic carbocycles. The van der Waals surface area contributed by atoms with Gasteiger partial charge in [0, 0.05) is 35.6 Å². The predicted octanol–water partition coefficient (Wildman–Crippen LogP) is 5.30. The number of nitro groups is 1. The van der Waals surface area contributed by atoms with E-state index in [1.807, 2.05) is 61.5 Å². The van der Waals surface area contributed by atoms with Crippen LogP contribution in [0.1, 0.15) is 36.5 Å². The molecule has 9 heteroatoms. The molecule has 0 aromatic heterocycles. The summed E-state index contributed by atoms with van der Waals surface area (Å²) in [5.74, 6) is -0.430. The summed E-state index contributed by atoms with van der Waals surface area (Å²) in [5.41, 5.74) is 4.60. The maximum absolute atomic E-state index is 13.1. The zero-order valence-corrected chi connectivity index (χ0v) is 21.7. The molecule has 0 aliphatic carbocycles. The van der Waals surface area contributed by atoms with Crippen molar-refractivity contribution in [2.24, 2.45) is 5.92 Å². The number of carbonyl (C=O) groups excluding carboxylic acids is 2. The molecule has 0 bridgehead atoms. The fourth-order valence-electron chi connectivity index (χ4n) is 5.08. The van der Waals surface area contributed by atoms with E-state index in [9.17, 15) is 19.7 Å². The van der Waals surface area contributed by atoms with Crippen molar-refractivity contribution in [1.82, 2.24) is 4.90 Å². The van der Waals surface area contributed by atoms with Crippen LogP contribution < -0.4 is 10.6 Å². The number of likely N-dealkylation sites (tertiary alicyclic amines) is 1. The van der Waals surface area contributed by atoms with Gasteiger partial charge in [0.25, 0.3) is 11.6 Å². The number of esters is 1. The van der Waals surface area contributed by atoms with Crippen LogP contribution in [0.5, 0.6) is 0 Å². The highest BCUT2D eigenvalue weighted by atomic mass is 16.6. The van der Waals surface area contributed by atoms with Gasteiger partial charge in [0.1, 0.15) is 0 Å². The van der Waals surface area contributed by atoms with Crippen LogP contribution in [0.2, 0.25) is 0 Å². The number of anilines is 2. The SMILES string of the molecule is CCOC(=O)C1CCN(Cc2ccc(N/C(=C3\C(=O)Nc4ccc([N+](=O)[O-])cc43)c3ccccc3)cc2)CC1. The maximum Gasteiger partial charge on any atom is 0.309 e. The summed E-state index contributed by atoms with van der Waals surface area (Å²) >= 11 is 0. The first kappa shape index (κ1) is 26.1. The van der Waals surface area contributed by atoms with E-state index in [2.05, 4.69) is 15.5 Å². The molecule has 2 N–H and O–H groups in total. The van der Waals surface area contributed by atoms with E-state index in [0.29, 0.717) is 29.1 Å². The molecule has 9 nitrogen and oxygen atoms in total. The number of fused-ring (bicyclic) bond motifs is 1. The monoisotopic (exact) mass is 526 g/mol. The summed E-state index contributed by atoms with van der Waals surface area (Å²) in [6, 6.07) is 21.8. The molecule has 0 atom stereocenters. The maximum atomic E-state index is 13.1. The first-order valence-electron chi connectivity index (χ1n) is 13.1. The van der Waals surface area contributed by atoms with Gasteiger partial charge < -0.3 is 15.4 Å². The Hall–Kier alpha value is -4.50. The number of amides is 1. The van der Waals surface area contributed by atoms with E-state index in [0.717, 1.165) is 49.3 Å². The molecule has 0 spiro atoms. The number of nitro benzene ring substituents is 1. The first-order chi connectivity index (χ1) is 18.9. The van der Waals surface area contributed by atoms with E-state index >= 15 is 0 Å². The van der Waals surface area contributed by atoms with Crippen LogP contribution in [0.25, 0.3) is 11.3 Å². The molecular weight excluding hydrogens is 496 g/mol. The topological polar surface area (TPSA) is 114 Å². The van der Waals surface area contributed by atoms with Gasteiger partial charge >= 0.3 is 5.97 Å². The Kier molecular flexibility index (Phi) is 7.69. The minimum atomic E-state index is -0.464. The summed E-state index contributed by atoms with van der Waals surface area (Å²) in [7, 11) is 0. The third kappa shape index (κ3) is 5.83. The van der Waals surface area contributed by atoms with Gasteiger partial charge in [0.15, 0.2) is 0 Å². The van der Waals surface area contributed by atoms with Crippen LogP contribution in [-0.2, 0) is 20.9 Å². The normalized spacial score (nSPS) is 16.8. The van der Waals surface area contributed by atoms with Gasteiger partial charge in [-0.2, -0.15) is 0 Å². The number of benzene rings is 3. The third-order valence-corrected chi connectivity index (χ3v) is 7.11. The van der Waals surface area contributed by atoms with Crippen molar-refractivity contribution in [2.45, 2.75) is 26.3 Å². The molecule has 0 radical (unpaired) electrons. The quantitative estimate of drug-likeness (QED) is 0.177. The molecule has 1 amide bonds. The lowest BCUT2D eigenvalue weighted by Crippen LogP contribution is -2.36. The van der Waals surface area contributed by atoms with Gasteiger partial charge in [0.2, 0.25) is 0 Å². The van der Waals surface area contributed by atoms with Crippen molar-refractivity contribution in [1.29, 1.82) is 0 Å². The van der Waals surface area contributed by atoms with Gasteiger partial charge in [0.05, 0.1) is 28.7 Å². The summed E-state index contributed by atoms with van der Waals surface area (Å²) < 4.78 is 5.17. The average molecular weight is 527 g/mol. The van der Waals surface area contributed by atoms with Gasteiger partial charge in [-0.15, -0.1) is 0 Å². The number of non-ortho nitro benzene ring substituents is 1. The number of carbonyl (C=O) groups is 2. The zero-order valence-electron chi connectivity index (χ0n) is 21.7. The van der Waals surface area contributed by atoms with E-state index in [4.69, 9.17) is 4.74 Å². The van der Waals surface area contributed by atoms with Crippen LogP contribution in [0, 0.1) is 16.0 Å². The molecule has 2 aliphatic heterocycles. The molecule has 0 unspecified atom stereocenters.